The van der Waals surface area contributed by atoms with Crippen molar-refractivity contribution in [2.45, 2.75) is 13.3 Å². The normalized spacial score (nSPS) is 16.4. The van der Waals surface area contributed by atoms with Crippen molar-refractivity contribution in [2.24, 2.45) is 0 Å². The summed E-state index contributed by atoms with van der Waals surface area (Å²) < 4.78 is 5.26. The van der Waals surface area contributed by atoms with E-state index in [4.69, 9.17) is 9.84 Å². The molecule has 0 saturated carbocycles. The van der Waals surface area contributed by atoms with Crippen LogP contribution in [-0.2, 0) is 16.0 Å². The Morgan fingerprint density at radius 1 is 1.56 bits per heavy atom. The molecular formula is C10H14N2O3S. The molecule has 0 atom stereocenters. The van der Waals surface area contributed by atoms with Crippen molar-refractivity contribution in [2.75, 3.05) is 31.2 Å². The van der Waals surface area contributed by atoms with Crippen LogP contribution in [0.4, 0.5) is 5.13 Å². The molecule has 16 heavy (non-hydrogen) atoms. The monoisotopic (exact) mass is 242 g/mol. The van der Waals surface area contributed by atoms with Gasteiger partial charge in [-0.25, -0.2) is 4.98 Å². The quantitative estimate of drug-likeness (QED) is 0.853. The van der Waals surface area contributed by atoms with E-state index in [1.165, 1.54) is 11.3 Å². The van der Waals surface area contributed by atoms with E-state index in [1.54, 1.807) is 0 Å². The SMILES string of the molecule is Cc1nc(N2CCOCC2)sc1CC(=O)O. The lowest BCUT2D eigenvalue weighted by molar-refractivity contribution is -0.136. The van der Waals surface area contributed by atoms with E-state index >= 15 is 0 Å². The first kappa shape index (κ1) is 11.3. The largest absolute Gasteiger partial charge is 0.481 e. The summed E-state index contributed by atoms with van der Waals surface area (Å²) in [6.45, 7) is 4.96. The van der Waals surface area contributed by atoms with Crippen LogP contribution in [0, 0.1) is 6.92 Å². The van der Waals surface area contributed by atoms with Gasteiger partial charge in [-0.1, -0.05) is 0 Å². The Morgan fingerprint density at radius 3 is 2.88 bits per heavy atom. The van der Waals surface area contributed by atoms with Gasteiger partial charge in [0, 0.05) is 18.0 Å². The average molecular weight is 242 g/mol. The Bertz CT molecular complexity index is 385. The summed E-state index contributed by atoms with van der Waals surface area (Å²) in [5, 5.41) is 9.67. The van der Waals surface area contributed by atoms with E-state index in [0.29, 0.717) is 13.2 Å². The van der Waals surface area contributed by atoms with Gasteiger partial charge in [0.25, 0.3) is 0 Å². The van der Waals surface area contributed by atoms with E-state index in [0.717, 1.165) is 28.8 Å². The maximum atomic E-state index is 10.7. The van der Waals surface area contributed by atoms with Crippen LogP contribution in [0.25, 0.3) is 0 Å². The lowest BCUT2D eigenvalue weighted by atomic mass is 10.3. The second-order valence-corrected chi connectivity index (χ2v) is 4.74. The molecule has 0 unspecified atom stereocenters. The molecule has 2 heterocycles. The molecule has 6 heteroatoms. The van der Waals surface area contributed by atoms with Crippen LogP contribution in [0.2, 0.25) is 0 Å². The standard InChI is InChI=1S/C10H14N2O3S/c1-7-8(6-9(13)14)16-10(11-7)12-2-4-15-5-3-12/h2-6H2,1H3,(H,13,14). The van der Waals surface area contributed by atoms with Gasteiger partial charge in [0.1, 0.15) is 0 Å². The van der Waals surface area contributed by atoms with Crippen molar-refractivity contribution in [1.82, 2.24) is 4.98 Å². The fraction of sp³-hybridized carbons (Fsp3) is 0.600. The molecular weight excluding hydrogens is 228 g/mol. The summed E-state index contributed by atoms with van der Waals surface area (Å²) in [5.74, 6) is -0.805. The Balaban J connectivity index is 2.12. The second-order valence-electron chi connectivity index (χ2n) is 3.67. The predicted octanol–water partition coefficient (Wildman–Crippen LogP) is 0.915. The Kier molecular flexibility index (Phi) is 3.40. The molecule has 0 spiro atoms. The maximum Gasteiger partial charge on any atom is 0.308 e. The van der Waals surface area contributed by atoms with Gasteiger partial charge in [-0.3, -0.25) is 4.79 Å². The van der Waals surface area contributed by atoms with Crippen molar-refractivity contribution in [3.63, 3.8) is 0 Å². The molecule has 1 fully saturated rings. The third-order valence-electron chi connectivity index (χ3n) is 2.47. The van der Waals surface area contributed by atoms with Crippen LogP contribution < -0.4 is 4.90 Å². The lowest BCUT2D eigenvalue weighted by Crippen LogP contribution is -2.36. The fourth-order valence-electron chi connectivity index (χ4n) is 1.60. The van der Waals surface area contributed by atoms with Crippen molar-refractivity contribution in [1.29, 1.82) is 0 Å². The molecule has 88 valence electrons. The van der Waals surface area contributed by atoms with Gasteiger partial charge in [0.15, 0.2) is 5.13 Å². The smallest absolute Gasteiger partial charge is 0.308 e. The topological polar surface area (TPSA) is 62.7 Å². The summed E-state index contributed by atoms with van der Waals surface area (Å²) in [5.41, 5.74) is 0.828. The number of nitrogens with zero attached hydrogens (tertiary/aromatic N) is 2. The number of carboxylic acids is 1. The van der Waals surface area contributed by atoms with Crippen LogP contribution in [0.3, 0.4) is 0 Å². The summed E-state index contributed by atoms with van der Waals surface area (Å²) in [6, 6.07) is 0. The lowest BCUT2D eigenvalue weighted by Gasteiger charge is -2.26. The molecule has 1 aromatic heterocycles. The van der Waals surface area contributed by atoms with Crippen LogP contribution in [-0.4, -0.2) is 42.4 Å². The molecule has 0 aromatic carbocycles. The van der Waals surface area contributed by atoms with Gasteiger partial charge in [0.2, 0.25) is 0 Å². The van der Waals surface area contributed by atoms with Crippen molar-refractivity contribution in [3.8, 4) is 0 Å². The zero-order valence-electron chi connectivity index (χ0n) is 9.10. The molecule has 1 aliphatic rings. The predicted molar refractivity (Wildman–Crippen MR) is 61.2 cm³/mol. The molecule has 0 radical (unpaired) electrons. The van der Waals surface area contributed by atoms with E-state index < -0.39 is 5.97 Å². The number of thiazole rings is 1. The Hall–Kier alpha value is -1.14. The average Bonchev–Trinajstić information content (AvgIpc) is 2.61. The Labute approximate surface area is 97.7 Å². The molecule has 0 aliphatic carbocycles. The molecule has 1 aliphatic heterocycles. The summed E-state index contributed by atoms with van der Waals surface area (Å²) >= 11 is 1.47. The van der Waals surface area contributed by atoms with E-state index in [9.17, 15) is 4.79 Å². The number of hydrogen-bond acceptors (Lipinski definition) is 5. The van der Waals surface area contributed by atoms with Crippen LogP contribution in [0.1, 0.15) is 10.6 Å². The van der Waals surface area contributed by atoms with E-state index in [2.05, 4.69) is 9.88 Å². The first-order valence-electron chi connectivity index (χ1n) is 5.17. The fourth-order valence-corrected chi connectivity index (χ4v) is 2.71. The minimum atomic E-state index is -0.805. The van der Waals surface area contributed by atoms with E-state index in [-0.39, 0.29) is 6.42 Å². The highest BCUT2D eigenvalue weighted by Crippen LogP contribution is 2.26. The van der Waals surface area contributed by atoms with E-state index in [1.807, 2.05) is 6.92 Å². The number of rotatable bonds is 3. The van der Waals surface area contributed by atoms with Crippen LogP contribution in [0.5, 0.6) is 0 Å². The Morgan fingerprint density at radius 2 is 2.25 bits per heavy atom. The third-order valence-corrected chi connectivity index (χ3v) is 3.69. The molecule has 1 N–H and O–H groups in total. The summed E-state index contributed by atoms with van der Waals surface area (Å²) in [7, 11) is 0. The highest BCUT2D eigenvalue weighted by Gasteiger charge is 2.17. The van der Waals surface area contributed by atoms with Crippen LogP contribution in [0.15, 0.2) is 0 Å². The highest BCUT2D eigenvalue weighted by atomic mass is 32.1. The number of morpholine rings is 1. The van der Waals surface area contributed by atoms with Gasteiger partial charge in [-0.05, 0) is 6.92 Å². The van der Waals surface area contributed by atoms with Gasteiger partial charge < -0.3 is 14.7 Å². The zero-order chi connectivity index (χ0) is 11.5. The second kappa shape index (κ2) is 4.80. The summed E-state index contributed by atoms with van der Waals surface area (Å²) in [4.78, 5) is 18.1. The number of aryl methyl sites for hydroxylation is 1. The number of carboxylic acid groups (broad SMARTS) is 1. The molecule has 1 aromatic rings. The molecule has 2 rings (SSSR count). The number of ether oxygens (including phenoxy) is 1. The number of hydrogen-bond donors (Lipinski definition) is 1. The third kappa shape index (κ3) is 2.51. The molecule has 5 nitrogen and oxygen atoms in total. The van der Waals surface area contributed by atoms with Gasteiger partial charge in [0.05, 0.1) is 25.3 Å². The van der Waals surface area contributed by atoms with Gasteiger partial charge in [-0.15, -0.1) is 11.3 Å². The van der Waals surface area contributed by atoms with Gasteiger partial charge >= 0.3 is 5.97 Å². The number of aliphatic carboxylic acids is 1. The number of carbonyl (C=O) groups is 1. The maximum absolute atomic E-state index is 10.7. The van der Waals surface area contributed by atoms with Crippen molar-refractivity contribution in [3.05, 3.63) is 10.6 Å². The summed E-state index contributed by atoms with van der Waals surface area (Å²) in [6.07, 6.45) is 0.0633. The first-order valence-corrected chi connectivity index (χ1v) is 5.99. The zero-order valence-corrected chi connectivity index (χ0v) is 9.92. The first-order chi connectivity index (χ1) is 7.66. The number of anilines is 1. The highest BCUT2D eigenvalue weighted by molar-refractivity contribution is 7.15. The minimum Gasteiger partial charge on any atom is -0.481 e. The molecule has 1 saturated heterocycles. The van der Waals surface area contributed by atoms with Crippen molar-refractivity contribution < 1.29 is 14.6 Å². The van der Waals surface area contributed by atoms with Crippen molar-refractivity contribution >= 4 is 22.4 Å². The molecule has 0 bridgehead atoms. The van der Waals surface area contributed by atoms with Crippen LogP contribution >= 0.6 is 11.3 Å². The number of aromatic nitrogens is 1. The van der Waals surface area contributed by atoms with Gasteiger partial charge in [-0.2, -0.15) is 0 Å². The minimum absolute atomic E-state index is 0.0633. The molecule has 0 amide bonds.